The quantitative estimate of drug-likeness (QED) is 0.425. The summed E-state index contributed by atoms with van der Waals surface area (Å²) >= 11 is 0. The van der Waals surface area contributed by atoms with Gasteiger partial charge in [0.15, 0.2) is 0 Å². The van der Waals surface area contributed by atoms with Crippen molar-refractivity contribution in [3.8, 4) is 11.8 Å². The maximum atomic E-state index is 14.8. The number of rotatable bonds is 4. The Morgan fingerprint density at radius 2 is 1.81 bits per heavy atom. The molecule has 4 aromatic rings. The number of carbonyl (C=O) groups excluding carboxylic acids is 1. The van der Waals surface area contributed by atoms with Crippen LogP contribution in [0.3, 0.4) is 0 Å². The molecule has 2 heterocycles. The van der Waals surface area contributed by atoms with Crippen LogP contribution in [0.15, 0.2) is 67.1 Å². The van der Waals surface area contributed by atoms with E-state index in [0.717, 1.165) is 53.8 Å². The van der Waals surface area contributed by atoms with E-state index in [1.54, 1.807) is 30.5 Å². The van der Waals surface area contributed by atoms with Crippen molar-refractivity contribution < 1.29 is 9.18 Å². The largest absolute Gasteiger partial charge is 0.322 e. The first-order valence-electron chi connectivity index (χ1n) is 12.3. The minimum atomic E-state index is -0.314. The van der Waals surface area contributed by atoms with Crippen LogP contribution in [0.2, 0.25) is 0 Å². The maximum Gasteiger partial charge on any atom is 0.255 e. The van der Waals surface area contributed by atoms with Gasteiger partial charge >= 0.3 is 0 Å². The van der Waals surface area contributed by atoms with Gasteiger partial charge < -0.3 is 10.2 Å². The van der Waals surface area contributed by atoms with Crippen LogP contribution >= 0.6 is 0 Å². The van der Waals surface area contributed by atoms with Crippen molar-refractivity contribution in [2.75, 3.05) is 38.5 Å². The first kappa shape index (κ1) is 24.6. The molecule has 0 bridgehead atoms. The molecule has 1 saturated heterocycles. The second-order valence-corrected chi connectivity index (χ2v) is 9.34. The summed E-state index contributed by atoms with van der Waals surface area (Å²) in [7, 11) is 2.09. The number of benzene rings is 3. The van der Waals surface area contributed by atoms with Crippen LogP contribution in [-0.2, 0) is 6.54 Å². The molecule has 1 aromatic heterocycles. The van der Waals surface area contributed by atoms with E-state index in [9.17, 15) is 9.18 Å². The molecule has 37 heavy (non-hydrogen) atoms. The minimum absolute atomic E-state index is 0.299. The Morgan fingerprint density at radius 1 is 1.03 bits per heavy atom. The zero-order valence-electron chi connectivity index (χ0n) is 21.0. The van der Waals surface area contributed by atoms with E-state index in [-0.39, 0.29) is 11.7 Å². The molecule has 186 valence electrons. The molecule has 0 radical (unpaired) electrons. The average molecular weight is 494 g/mol. The Bertz CT molecular complexity index is 1510. The van der Waals surface area contributed by atoms with E-state index >= 15 is 0 Å². The number of anilines is 1. The fourth-order valence-electron chi connectivity index (χ4n) is 4.41. The molecule has 0 atom stereocenters. The minimum Gasteiger partial charge on any atom is -0.322 e. The Balaban J connectivity index is 1.38. The molecular formula is C30H28FN5O. The van der Waals surface area contributed by atoms with Gasteiger partial charge in [0.25, 0.3) is 5.91 Å². The fraction of sp³-hybridized carbons (Fsp3) is 0.233. The Morgan fingerprint density at radius 3 is 2.65 bits per heavy atom. The Labute approximate surface area is 216 Å². The summed E-state index contributed by atoms with van der Waals surface area (Å²) in [5.41, 5.74) is 4.82. The van der Waals surface area contributed by atoms with Crippen LogP contribution in [-0.4, -0.2) is 58.9 Å². The number of amides is 1. The zero-order valence-corrected chi connectivity index (χ0v) is 21.0. The van der Waals surface area contributed by atoms with Gasteiger partial charge in [0.1, 0.15) is 12.1 Å². The number of halogens is 1. The van der Waals surface area contributed by atoms with Crippen LogP contribution < -0.4 is 5.32 Å². The van der Waals surface area contributed by atoms with Crippen LogP contribution in [0.4, 0.5) is 10.1 Å². The predicted octanol–water partition coefficient (Wildman–Crippen LogP) is 4.48. The van der Waals surface area contributed by atoms with Crippen molar-refractivity contribution in [2.45, 2.75) is 13.5 Å². The van der Waals surface area contributed by atoms with Crippen molar-refractivity contribution >= 4 is 22.5 Å². The number of hydrogen-bond acceptors (Lipinski definition) is 5. The van der Waals surface area contributed by atoms with E-state index in [1.165, 1.54) is 12.4 Å². The molecule has 0 saturated carbocycles. The number of carbonyl (C=O) groups is 1. The van der Waals surface area contributed by atoms with E-state index < -0.39 is 0 Å². The molecule has 6 nitrogen and oxygen atoms in total. The third-order valence-electron chi connectivity index (χ3n) is 6.73. The molecule has 1 N–H and O–H groups in total. The zero-order chi connectivity index (χ0) is 25.8. The number of aryl methyl sites for hydroxylation is 1. The first-order chi connectivity index (χ1) is 18.0. The van der Waals surface area contributed by atoms with Gasteiger partial charge in [0.2, 0.25) is 0 Å². The number of fused-ring (bicyclic) bond motifs is 1. The smallest absolute Gasteiger partial charge is 0.255 e. The van der Waals surface area contributed by atoms with Crippen molar-refractivity contribution in [3.05, 3.63) is 101 Å². The molecule has 3 aromatic carbocycles. The monoisotopic (exact) mass is 493 g/mol. The number of hydrogen-bond donors (Lipinski definition) is 1. The Kier molecular flexibility index (Phi) is 7.22. The number of nitrogens with zero attached hydrogens (tertiary/aromatic N) is 4. The molecule has 0 aliphatic carbocycles. The summed E-state index contributed by atoms with van der Waals surface area (Å²) < 4.78 is 14.8. The third kappa shape index (κ3) is 5.67. The highest BCUT2D eigenvalue weighted by molar-refractivity contribution is 6.05. The van der Waals surface area contributed by atoms with E-state index in [0.29, 0.717) is 23.4 Å². The topological polar surface area (TPSA) is 61.4 Å². The van der Waals surface area contributed by atoms with Gasteiger partial charge in [0, 0.05) is 72.2 Å². The number of likely N-dealkylation sites (N-methyl/N-ethyl adjacent to an activating group) is 1. The lowest BCUT2D eigenvalue weighted by atomic mass is 10.0. The molecule has 0 spiro atoms. The molecule has 1 fully saturated rings. The summed E-state index contributed by atoms with van der Waals surface area (Å²) in [6, 6.07) is 16.0. The van der Waals surface area contributed by atoms with Gasteiger partial charge in [-0.25, -0.2) is 14.4 Å². The maximum absolute atomic E-state index is 14.8. The van der Waals surface area contributed by atoms with E-state index in [1.807, 2.05) is 31.2 Å². The van der Waals surface area contributed by atoms with E-state index in [2.05, 4.69) is 44.0 Å². The van der Waals surface area contributed by atoms with Gasteiger partial charge in [-0.05, 0) is 55.9 Å². The summed E-state index contributed by atoms with van der Waals surface area (Å²) in [4.78, 5) is 26.1. The summed E-state index contributed by atoms with van der Waals surface area (Å²) in [5, 5.41) is 3.81. The van der Waals surface area contributed by atoms with E-state index in [4.69, 9.17) is 0 Å². The lowest BCUT2D eigenvalue weighted by molar-refractivity contribution is 0.102. The van der Waals surface area contributed by atoms with Gasteiger partial charge in [-0.2, -0.15) is 0 Å². The van der Waals surface area contributed by atoms with Gasteiger partial charge in [-0.15, -0.1) is 0 Å². The van der Waals surface area contributed by atoms with Gasteiger partial charge in [0.05, 0.1) is 5.52 Å². The van der Waals surface area contributed by atoms with Crippen molar-refractivity contribution in [3.63, 3.8) is 0 Å². The van der Waals surface area contributed by atoms with Crippen LogP contribution in [0.5, 0.6) is 0 Å². The number of aromatic nitrogens is 2. The van der Waals surface area contributed by atoms with Gasteiger partial charge in [-0.3, -0.25) is 9.69 Å². The highest BCUT2D eigenvalue weighted by atomic mass is 19.1. The summed E-state index contributed by atoms with van der Waals surface area (Å²) in [6.45, 7) is 6.01. The molecule has 1 amide bonds. The number of piperazine rings is 1. The highest BCUT2D eigenvalue weighted by Crippen LogP contribution is 2.23. The molecule has 5 rings (SSSR count). The Hall–Kier alpha value is -4.12. The standard InChI is InChI=1S/C30H28FN5O/c1-21-9-10-24(17-23(21)12-11-22-5-3-7-28-25(22)18-32-20-33-28)30(37)34-29-8-4-6-27(31)26(29)19-36-15-13-35(2)14-16-36/h3-10,17-18,20H,13-16,19H2,1-2H3,(H,34,37). The van der Waals surface area contributed by atoms with Crippen molar-refractivity contribution in [1.29, 1.82) is 0 Å². The molecule has 0 unspecified atom stereocenters. The predicted molar refractivity (Wildman–Crippen MR) is 144 cm³/mol. The summed E-state index contributed by atoms with van der Waals surface area (Å²) in [5.74, 6) is 5.80. The first-order valence-corrected chi connectivity index (χ1v) is 12.3. The fourth-order valence-corrected chi connectivity index (χ4v) is 4.41. The SMILES string of the molecule is Cc1ccc(C(=O)Nc2cccc(F)c2CN2CCN(C)CC2)cc1C#Cc1cccc2ncncc12. The second-order valence-electron chi connectivity index (χ2n) is 9.34. The second kappa shape index (κ2) is 10.9. The van der Waals surface area contributed by atoms with Crippen LogP contribution in [0.25, 0.3) is 10.9 Å². The normalized spacial score (nSPS) is 14.2. The number of nitrogens with one attached hydrogen (secondary N) is 1. The van der Waals surface area contributed by atoms with Crippen LogP contribution in [0, 0.1) is 24.6 Å². The molecule has 1 aliphatic rings. The summed E-state index contributed by atoms with van der Waals surface area (Å²) in [6.07, 6.45) is 3.27. The lowest BCUT2D eigenvalue weighted by Crippen LogP contribution is -2.44. The van der Waals surface area contributed by atoms with Crippen molar-refractivity contribution in [2.24, 2.45) is 0 Å². The highest BCUT2D eigenvalue weighted by Gasteiger charge is 2.19. The molecule has 1 aliphatic heterocycles. The van der Waals surface area contributed by atoms with Crippen LogP contribution in [0.1, 0.15) is 32.6 Å². The molecule has 7 heteroatoms. The average Bonchev–Trinajstić information content (AvgIpc) is 2.91. The third-order valence-corrected chi connectivity index (χ3v) is 6.73. The van der Waals surface area contributed by atoms with Crippen molar-refractivity contribution in [1.82, 2.24) is 19.8 Å². The molecular weight excluding hydrogens is 465 g/mol. The lowest BCUT2D eigenvalue weighted by Gasteiger charge is -2.32. The van der Waals surface area contributed by atoms with Gasteiger partial charge in [-0.1, -0.05) is 30.0 Å².